The van der Waals surface area contributed by atoms with Crippen LogP contribution in [0.1, 0.15) is 39.5 Å². The Labute approximate surface area is 90.4 Å². The number of carbonyl (C=O) groups excluding carboxylic acids is 2. The molecule has 0 fully saturated rings. The maximum Gasteiger partial charge on any atom is 0.220 e. The van der Waals surface area contributed by atoms with E-state index in [-0.39, 0.29) is 12.3 Å². The molecule has 3 nitrogen and oxygen atoms in total. The van der Waals surface area contributed by atoms with Gasteiger partial charge in [0.25, 0.3) is 0 Å². The highest BCUT2D eigenvalue weighted by atomic mass is 19.1. The number of carbonyl (C=O) groups is 2. The minimum Gasteiger partial charge on any atom is -0.356 e. The number of Topliss-reactive ketones (excluding diaryl/α,β-unsaturated/α-hetero) is 1. The summed E-state index contributed by atoms with van der Waals surface area (Å²) < 4.78 is 12.2. The summed E-state index contributed by atoms with van der Waals surface area (Å²) in [5.74, 6) is -1.06. The first kappa shape index (κ1) is 14.1. The van der Waals surface area contributed by atoms with Gasteiger partial charge in [0.05, 0.1) is 0 Å². The summed E-state index contributed by atoms with van der Waals surface area (Å²) >= 11 is 0. The third-order valence-corrected chi connectivity index (χ3v) is 2.23. The van der Waals surface area contributed by atoms with Crippen molar-refractivity contribution < 1.29 is 14.0 Å². The van der Waals surface area contributed by atoms with Crippen molar-refractivity contribution in [1.29, 1.82) is 0 Å². The zero-order valence-electron chi connectivity index (χ0n) is 9.51. The lowest BCUT2D eigenvalue weighted by Gasteiger charge is -2.12. The molecule has 0 radical (unpaired) electrons. The van der Waals surface area contributed by atoms with Gasteiger partial charge in [-0.3, -0.25) is 9.59 Å². The second kappa shape index (κ2) is 8.38. The SMILES string of the molecule is CCCNC(=O)CC(CCC)C(=O)CF. The molecule has 4 heteroatoms. The Morgan fingerprint density at radius 1 is 1.27 bits per heavy atom. The molecule has 0 saturated carbocycles. The van der Waals surface area contributed by atoms with Crippen LogP contribution in [0, 0.1) is 5.92 Å². The first-order chi connectivity index (χ1) is 7.15. The highest BCUT2D eigenvalue weighted by Crippen LogP contribution is 2.12. The van der Waals surface area contributed by atoms with Crippen LogP contribution >= 0.6 is 0 Å². The van der Waals surface area contributed by atoms with E-state index in [0.29, 0.717) is 13.0 Å². The highest BCUT2D eigenvalue weighted by molar-refractivity contribution is 5.87. The van der Waals surface area contributed by atoms with Gasteiger partial charge in [0.2, 0.25) is 5.91 Å². The van der Waals surface area contributed by atoms with Gasteiger partial charge in [0.1, 0.15) is 6.67 Å². The topological polar surface area (TPSA) is 46.2 Å². The lowest BCUT2D eigenvalue weighted by Crippen LogP contribution is -2.29. The number of halogens is 1. The van der Waals surface area contributed by atoms with E-state index in [1.807, 2.05) is 13.8 Å². The summed E-state index contributed by atoms with van der Waals surface area (Å²) in [5.41, 5.74) is 0. The molecule has 0 aliphatic carbocycles. The van der Waals surface area contributed by atoms with Crippen molar-refractivity contribution >= 4 is 11.7 Å². The fourth-order valence-electron chi connectivity index (χ4n) is 1.39. The van der Waals surface area contributed by atoms with Crippen LogP contribution in [-0.4, -0.2) is 24.9 Å². The van der Waals surface area contributed by atoms with Crippen LogP contribution in [0.3, 0.4) is 0 Å². The zero-order chi connectivity index (χ0) is 11.7. The van der Waals surface area contributed by atoms with Crippen molar-refractivity contribution in [2.45, 2.75) is 39.5 Å². The number of hydrogen-bond acceptors (Lipinski definition) is 2. The summed E-state index contributed by atoms with van der Waals surface area (Å²) in [6, 6.07) is 0. The fourth-order valence-corrected chi connectivity index (χ4v) is 1.39. The predicted molar refractivity (Wildman–Crippen MR) is 57.3 cm³/mol. The summed E-state index contributed by atoms with van der Waals surface area (Å²) in [4.78, 5) is 22.5. The molecule has 88 valence electrons. The van der Waals surface area contributed by atoms with Gasteiger partial charge in [-0.1, -0.05) is 20.3 Å². The molecule has 0 aromatic carbocycles. The average molecular weight is 217 g/mol. The minimum absolute atomic E-state index is 0.122. The Morgan fingerprint density at radius 3 is 2.40 bits per heavy atom. The second-order valence-electron chi connectivity index (χ2n) is 3.64. The molecule has 0 saturated heterocycles. The van der Waals surface area contributed by atoms with Gasteiger partial charge in [-0.25, -0.2) is 4.39 Å². The van der Waals surface area contributed by atoms with Gasteiger partial charge >= 0.3 is 0 Å². The number of rotatable bonds is 8. The monoisotopic (exact) mass is 217 g/mol. The van der Waals surface area contributed by atoms with Crippen molar-refractivity contribution in [2.75, 3.05) is 13.2 Å². The van der Waals surface area contributed by atoms with Gasteiger partial charge in [-0.15, -0.1) is 0 Å². The van der Waals surface area contributed by atoms with E-state index in [4.69, 9.17) is 0 Å². The smallest absolute Gasteiger partial charge is 0.220 e. The minimum atomic E-state index is -0.967. The lowest BCUT2D eigenvalue weighted by molar-refractivity contribution is -0.129. The number of nitrogens with one attached hydrogen (secondary N) is 1. The molecule has 0 rings (SSSR count). The van der Waals surface area contributed by atoms with E-state index in [1.165, 1.54) is 0 Å². The molecule has 0 bridgehead atoms. The summed E-state index contributed by atoms with van der Waals surface area (Å²) in [5, 5.41) is 2.69. The maximum absolute atomic E-state index is 12.2. The van der Waals surface area contributed by atoms with E-state index in [1.54, 1.807) is 0 Å². The molecule has 1 unspecified atom stereocenters. The lowest BCUT2D eigenvalue weighted by atomic mass is 9.95. The molecule has 0 heterocycles. The molecule has 1 N–H and O–H groups in total. The quantitative estimate of drug-likeness (QED) is 0.674. The molecule has 0 aliphatic heterocycles. The molecule has 15 heavy (non-hydrogen) atoms. The molecule has 0 aliphatic rings. The molecular weight excluding hydrogens is 197 g/mol. The molecule has 0 spiro atoms. The first-order valence-corrected chi connectivity index (χ1v) is 5.51. The predicted octanol–water partition coefficient (Wildman–Crippen LogP) is 1.86. The average Bonchev–Trinajstić information content (AvgIpc) is 2.24. The van der Waals surface area contributed by atoms with Crippen LogP contribution in [0.2, 0.25) is 0 Å². The van der Waals surface area contributed by atoms with Crippen LogP contribution in [0.5, 0.6) is 0 Å². The third kappa shape index (κ3) is 6.20. The Balaban J connectivity index is 4.03. The van der Waals surface area contributed by atoms with E-state index >= 15 is 0 Å². The number of amides is 1. The Bertz CT molecular complexity index is 207. The fraction of sp³-hybridized carbons (Fsp3) is 0.818. The van der Waals surface area contributed by atoms with E-state index in [0.717, 1.165) is 12.8 Å². The van der Waals surface area contributed by atoms with Crippen LogP contribution in [0.15, 0.2) is 0 Å². The Morgan fingerprint density at radius 2 is 1.93 bits per heavy atom. The van der Waals surface area contributed by atoms with Crippen LogP contribution < -0.4 is 5.32 Å². The van der Waals surface area contributed by atoms with Crippen molar-refractivity contribution in [3.63, 3.8) is 0 Å². The van der Waals surface area contributed by atoms with Gasteiger partial charge in [0.15, 0.2) is 5.78 Å². The number of hydrogen-bond donors (Lipinski definition) is 1. The second-order valence-corrected chi connectivity index (χ2v) is 3.64. The molecule has 1 amide bonds. The van der Waals surface area contributed by atoms with E-state index < -0.39 is 18.4 Å². The van der Waals surface area contributed by atoms with E-state index in [9.17, 15) is 14.0 Å². The van der Waals surface area contributed by atoms with Gasteiger partial charge in [-0.2, -0.15) is 0 Å². The molecule has 0 aromatic heterocycles. The Kier molecular flexibility index (Phi) is 7.86. The van der Waals surface area contributed by atoms with Crippen molar-refractivity contribution in [1.82, 2.24) is 5.32 Å². The Hall–Kier alpha value is -0.930. The molecule has 1 atom stereocenters. The maximum atomic E-state index is 12.2. The van der Waals surface area contributed by atoms with Crippen molar-refractivity contribution in [2.24, 2.45) is 5.92 Å². The molecule has 0 aromatic rings. The summed E-state index contributed by atoms with van der Waals surface area (Å²) in [6.07, 6.45) is 2.36. The largest absolute Gasteiger partial charge is 0.356 e. The van der Waals surface area contributed by atoms with Crippen LogP contribution in [-0.2, 0) is 9.59 Å². The van der Waals surface area contributed by atoms with Gasteiger partial charge < -0.3 is 5.32 Å². The van der Waals surface area contributed by atoms with Crippen LogP contribution in [0.25, 0.3) is 0 Å². The normalized spacial score (nSPS) is 12.2. The zero-order valence-corrected chi connectivity index (χ0v) is 9.51. The number of alkyl halides is 1. The number of ketones is 1. The van der Waals surface area contributed by atoms with Gasteiger partial charge in [-0.05, 0) is 12.8 Å². The van der Waals surface area contributed by atoms with Gasteiger partial charge in [0, 0.05) is 18.9 Å². The highest BCUT2D eigenvalue weighted by Gasteiger charge is 2.20. The standard InChI is InChI=1S/C11H20FNO2/c1-3-5-9(10(14)8-12)7-11(15)13-6-4-2/h9H,3-8H2,1-2H3,(H,13,15). The summed E-state index contributed by atoms with van der Waals surface area (Å²) in [7, 11) is 0. The first-order valence-electron chi connectivity index (χ1n) is 5.51. The summed E-state index contributed by atoms with van der Waals surface area (Å²) in [6.45, 7) is 3.52. The van der Waals surface area contributed by atoms with E-state index in [2.05, 4.69) is 5.32 Å². The van der Waals surface area contributed by atoms with Crippen molar-refractivity contribution in [3.05, 3.63) is 0 Å². The molecular formula is C11H20FNO2. The van der Waals surface area contributed by atoms with Crippen LogP contribution in [0.4, 0.5) is 4.39 Å². The van der Waals surface area contributed by atoms with Crippen molar-refractivity contribution in [3.8, 4) is 0 Å². The third-order valence-electron chi connectivity index (χ3n) is 2.23.